The summed E-state index contributed by atoms with van der Waals surface area (Å²) in [5.74, 6) is 1.33. The lowest BCUT2D eigenvalue weighted by Crippen LogP contribution is -2.27. The first-order chi connectivity index (χ1) is 13.0. The van der Waals surface area contributed by atoms with Gasteiger partial charge >= 0.3 is 0 Å². The number of nitrogens with zero attached hydrogens (tertiary/aromatic N) is 1. The van der Waals surface area contributed by atoms with Crippen LogP contribution >= 0.6 is 0 Å². The van der Waals surface area contributed by atoms with Crippen LogP contribution in [-0.4, -0.2) is 25.3 Å². The highest BCUT2D eigenvalue weighted by Gasteiger charge is 2.24. The topological polar surface area (TPSA) is 73.6 Å². The third kappa shape index (κ3) is 3.95. The highest BCUT2D eigenvalue weighted by atomic mass is 16.5. The van der Waals surface area contributed by atoms with Gasteiger partial charge in [0.1, 0.15) is 17.1 Å². The van der Waals surface area contributed by atoms with E-state index in [1.165, 1.54) is 0 Å². The van der Waals surface area contributed by atoms with Crippen LogP contribution in [0.5, 0.6) is 11.5 Å². The van der Waals surface area contributed by atoms with Crippen molar-refractivity contribution in [1.82, 2.24) is 10.5 Å². The zero-order valence-corrected chi connectivity index (χ0v) is 15.8. The van der Waals surface area contributed by atoms with Crippen LogP contribution in [0.25, 0.3) is 11.3 Å². The maximum absolute atomic E-state index is 12.9. The fourth-order valence-electron chi connectivity index (χ4n) is 2.87. The van der Waals surface area contributed by atoms with Crippen molar-refractivity contribution in [3.63, 3.8) is 0 Å². The molecule has 6 heteroatoms. The number of hydrogen-bond donors (Lipinski definition) is 1. The van der Waals surface area contributed by atoms with Gasteiger partial charge in [0.25, 0.3) is 5.91 Å². The summed E-state index contributed by atoms with van der Waals surface area (Å²) in [6.07, 6.45) is 0. The van der Waals surface area contributed by atoms with Crippen molar-refractivity contribution in [3.8, 4) is 22.8 Å². The molecule has 0 radical (unpaired) electrons. The van der Waals surface area contributed by atoms with E-state index in [1.807, 2.05) is 37.3 Å². The van der Waals surface area contributed by atoms with Crippen LogP contribution in [0.4, 0.5) is 0 Å². The zero-order chi connectivity index (χ0) is 19.4. The molecule has 1 heterocycles. The van der Waals surface area contributed by atoms with Crippen molar-refractivity contribution in [2.24, 2.45) is 0 Å². The van der Waals surface area contributed by atoms with E-state index in [0.29, 0.717) is 34.1 Å². The largest absolute Gasteiger partial charge is 0.497 e. The Morgan fingerprint density at radius 3 is 2.30 bits per heavy atom. The van der Waals surface area contributed by atoms with Gasteiger partial charge in [0.15, 0.2) is 5.76 Å². The second-order valence-electron chi connectivity index (χ2n) is 6.18. The van der Waals surface area contributed by atoms with Crippen LogP contribution in [0.15, 0.2) is 53.1 Å². The normalized spacial score (nSPS) is 11.7. The molecule has 0 fully saturated rings. The van der Waals surface area contributed by atoms with Crippen molar-refractivity contribution < 1.29 is 18.8 Å². The standard InChI is InChI=1S/C21H22N2O4/c1-13(15-8-6-5-7-9-15)22-21(24)19-14(2)23-27-20(19)16-10-17(25-3)12-18(11-16)26-4/h5-13H,1-4H3,(H,22,24)/t13-/m0/s1. The van der Waals surface area contributed by atoms with Gasteiger partial charge < -0.3 is 19.3 Å². The summed E-state index contributed by atoms with van der Waals surface area (Å²) < 4.78 is 16.1. The molecule has 1 amide bonds. The molecule has 27 heavy (non-hydrogen) atoms. The Labute approximate surface area is 158 Å². The monoisotopic (exact) mass is 366 g/mol. The van der Waals surface area contributed by atoms with Crippen LogP contribution in [0.3, 0.4) is 0 Å². The Morgan fingerprint density at radius 2 is 1.70 bits per heavy atom. The van der Waals surface area contributed by atoms with Crippen molar-refractivity contribution in [2.45, 2.75) is 19.9 Å². The van der Waals surface area contributed by atoms with Crippen LogP contribution in [0.2, 0.25) is 0 Å². The lowest BCUT2D eigenvalue weighted by atomic mass is 10.0. The predicted octanol–water partition coefficient (Wildman–Crippen LogP) is 4.16. The van der Waals surface area contributed by atoms with Gasteiger partial charge in [-0.1, -0.05) is 35.5 Å². The first kappa shape index (κ1) is 18.5. The number of methoxy groups -OCH3 is 2. The van der Waals surface area contributed by atoms with Crippen molar-refractivity contribution in [2.75, 3.05) is 14.2 Å². The SMILES string of the molecule is COc1cc(OC)cc(-c2onc(C)c2C(=O)N[C@@H](C)c2ccccc2)c1. The number of rotatable bonds is 6. The summed E-state index contributed by atoms with van der Waals surface area (Å²) >= 11 is 0. The predicted molar refractivity (Wildman–Crippen MR) is 102 cm³/mol. The second kappa shape index (κ2) is 7.95. The first-order valence-corrected chi connectivity index (χ1v) is 8.59. The first-order valence-electron chi connectivity index (χ1n) is 8.59. The number of benzene rings is 2. The number of amides is 1. The van der Waals surface area contributed by atoms with Crippen LogP contribution in [-0.2, 0) is 0 Å². The smallest absolute Gasteiger partial charge is 0.257 e. The van der Waals surface area contributed by atoms with Gasteiger partial charge in [-0.25, -0.2) is 0 Å². The molecule has 0 aliphatic rings. The highest BCUT2D eigenvalue weighted by molar-refractivity contribution is 6.00. The van der Waals surface area contributed by atoms with Gasteiger partial charge in [-0.2, -0.15) is 0 Å². The van der Waals surface area contributed by atoms with Crippen LogP contribution in [0, 0.1) is 6.92 Å². The van der Waals surface area contributed by atoms with Crippen LogP contribution in [0.1, 0.15) is 34.6 Å². The lowest BCUT2D eigenvalue weighted by Gasteiger charge is -2.14. The molecule has 3 aromatic rings. The van der Waals surface area contributed by atoms with Crippen molar-refractivity contribution >= 4 is 5.91 Å². The Morgan fingerprint density at radius 1 is 1.07 bits per heavy atom. The Bertz CT molecular complexity index is 912. The van der Waals surface area contributed by atoms with Crippen molar-refractivity contribution in [1.29, 1.82) is 0 Å². The second-order valence-corrected chi connectivity index (χ2v) is 6.18. The van der Waals surface area contributed by atoms with E-state index in [-0.39, 0.29) is 11.9 Å². The Kier molecular flexibility index (Phi) is 5.45. The molecule has 0 unspecified atom stereocenters. The number of ether oxygens (including phenoxy) is 2. The summed E-state index contributed by atoms with van der Waals surface area (Å²) in [5.41, 5.74) is 2.59. The third-order valence-corrected chi connectivity index (χ3v) is 4.35. The van der Waals surface area contributed by atoms with E-state index < -0.39 is 0 Å². The fourth-order valence-corrected chi connectivity index (χ4v) is 2.87. The van der Waals surface area contributed by atoms with E-state index in [1.54, 1.807) is 39.3 Å². The highest BCUT2D eigenvalue weighted by Crippen LogP contribution is 2.33. The van der Waals surface area contributed by atoms with E-state index in [2.05, 4.69) is 10.5 Å². The molecule has 140 valence electrons. The minimum absolute atomic E-state index is 0.152. The molecule has 1 aromatic heterocycles. The average Bonchev–Trinajstić information content (AvgIpc) is 3.09. The maximum atomic E-state index is 12.9. The van der Waals surface area contributed by atoms with Crippen LogP contribution < -0.4 is 14.8 Å². The van der Waals surface area contributed by atoms with Gasteiger partial charge in [-0.15, -0.1) is 0 Å². The fraction of sp³-hybridized carbons (Fsp3) is 0.238. The van der Waals surface area contributed by atoms with Gasteiger partial charge in [-0.3, -0.25) is 4.79 Å². The van der Waals surface area contributed by atoms with Crippen molar-refractivity contribution in [3.05, 3.63) is 65.4 Å². The molecule has 1 atom stereocenters. The minimum atomic E-state index is -0.248. The number of hydrogen-bond acceptors (Lipinski definition) is 5. The van der Waals surface area contributed by atoms with Gasteiger partial charge in [0.05, 0.1) is 26.0 Å². The molecule has 0 saturated heterocycles. The lowest BCUT2D eigenvalue weighted by molar-refractivity contribution is 0.0939. The molecule has 0 spiro atoms. The molecule has 3 rings (SSSR count). The number of aromatic nitrogens is 1. The molecular weight excluding hydrogens is 344 g/mol. The number of nitrogens with one attached hydrogen (secondary N) is 1. The quantitative estimate of drug-likeness (QED) is 0.709. The van der Waals surface area contributed by atoms with E-state index >= 15 is 0 Å². The average molecular weight is 366 g/mol. The van der Waals surface area contributed by atoms with E-state index in [4.69, 9.17) is 14.0 Å². The van der Waals surface area contributed by atoms with Gasteiger partial charge in [0, 0.05) is 11.6 Å². The number of aryl methyl sites for hydroxylation is 1. The molecule has 6 nitrogen and oxygen atoms in total. The molecule has 0 saturated carbocycles. The minimum Gasteiger partial charge on any atom is -0.497 e. The molecule has 0 aliphatic heterocycles. The Balaban J connectivity index is 1.94. The summed E-state index contributed by atoms with van der Waals surface area (Å²) in [5, 5.41) is 6.99. The molecule has 1 N–H and O–H groups in total. The number of carbonyl (C=O) groups excluding carboxylic acids is 1. The summed E-state index contributed by atoms with van der Waals surface area (Å²) in [4.78, 5) is 12.9. The molecule has 2 aromatic carbocycles. The van der Waals surface area contributed by atoms with Gasteiger partial charge in [-0.05, 0) is 31.5 Å². The van der Waals surface area contributed by atoms with E-state index in [0.717, 1.165) is 5.56 Å². The molecular formula is C21H22N2O4. The van der Waals surface area contributed by atoms with E-state index in [9.17, 15) is 4.79 Å². The van der Waals surface area contributed by atoms with Gasteiger partial charge in [0.2, 0.25) is 0 Å². The summed E-state index contributed by atoms with van der Waals surface area (Å²) in [6, 6.07) is 14.9. The molecule has 0 aliphatic carbocycles. The number of carbonyl (C=O) groups is 1. The summed E-state index contributed by atoms with van der Waals surface area (Å²) in [7, 11) is 3.14. The Hall–Kier alpha value is -3.28. The zero-order valence-electron chi connectivity index (χ0n) is 15.8. The molecule has 0 bridgehead atoms. The summed E-state index contributed by atoms with van der Waals surface area (Å²) in [6.45, 7) is 3.68. The maximum Gasteiger partial charge on any atom is 0.257 e. The third-order valence-electron chi connectivity index (χ3n) is 4.35.